The van der Waals surface area contributed by atoms with Crippen molar-refractivity contribution in [3.05, 3.63) is 52.5 Å². The highest BCUT2D eigenvalue weighted by molar-refractivity contribution is 6.31. The number of methoxy groups -OCH3 is 1. The number of hydrogen-bond acceptors (Lipinski definition) is 3. The van der Waals surface area contributed by atoms with E-state index >= 15 is 0 Å². The number of amides is 1. The van der Waals surface area contributed by atoms with E-state index in [2.05, 4.69) is 5.32 Å². The van der Waals surface area contributed by atoms with E-state index in [4.69, 9.17) is 21.1 Å². The minimum Gasteiger partial charge on any atom is -0.495 e. The number of aryl methyl sites for hydroxylation is 1. The zero-order valence-corrected chi connectivity index (χ0v) is 15.1. The molecule has 1 N–H and O–H groups in total. The molecule has 24 heavy (non-hydrogen) atoms. The van der Waals surface area contributed by atoms with Crippen LogP contribution in [0, 0.1) is 13.8 Å². The molecule has 0 saturated heterocycles. The first-order chi connectivity index (χ1) is 11.5. The predicted molar refractivity (Wildman–Crippen MR) is 97.3 cm³/mol. The molecule has 2 aromatic rings. The standard InChI is InChI=1S/C19H22ClNO3/c1-5-16(24-17-8-6-7-12(2)13(17)3)19(22)21-15-11-14(20)9-10-18(15)23-4/h6-11,16H,5H2,1-4H3,(H,21,22)/t16-/m0/s1. The lowest BCUT2D eigenvalue weighted by molar-refractivity contribution is -0.122. The third kappa shape index (κ3) is 4.20. The van der Waals surface area contributed by atoms with Gasteiger partial charge in [0.25, 0.3) is 5.91 Å². The van der Waals surface area contributed by atoms with E-state index in [0.29, 0.717) is 22.9 Å². The first kappa shape index (κ1) is 18.1. The van der Waals surface area contributed by atoms with Gasteiger partial charge in [0, 0.05) is 5.02 Å². The van der Waals surface area contributed by atoms with Gasteiger partial charge in [-0.3, -0.25) is 4.79 Å². The predicted octanol–water partition coefficient (Wildman–Crippen LogP) is 4.76. The maximum absolute atomic E-state index is 12.6. The van der Waals surface area contributed by atoms with Crippen LogP contribution in [0.15, 0.2) is 36.4 Å². The molecular formula is C19H22ClNO3. The lowest BCUT2D eigenvalue weighted by atomic mass is 10.1. The Bertz CT molecular complexity index is 731. The van der Waals surface area contributed by atoms with Crippen LogP contribution in [0.3, 0.4) is 0 Å². The van der Waals surface area contributed by atoms with Gasteiger partial charge in [-0.2, -0.15) is 0 Å². The molecule has 1 atom stereocenters. The molecule has 0 bridgehead atoms. The van der Waals surface area contributed by atoms with E-state index in [9.17, 15) is 4.79 Å². The average Bonchev–Trinajstić information content (AvgIpc) is 2.56. The molecule has 0 aliphatic rings. The molecule has 1 amide bonds. The Labute approximate surface area is 147 Å². The monoisotopic (exact) mass is 347 g/mol. The SMILES string of the molecule is CC[C@H](Oc1cccc(C)c1C)C(=O)Nc1cc(Cl)ccc1OC. The van der Waals surface area contributed by atoms with Gasteiger partial charge in [0.05, 0.1) is 12.8 Å². The highest BCUT2D eigenvalue weighted by atomic mass is 35.5. The molecule has 0 saturated carbocycles. The number of rotatable bonds is 6. The van der Waals surface area contributed by atoms with Crippen LogP contribution in [-0.2, 0) is 4.79 Å². The van der Waals surface area contributed by atoms with Crippen molar-refractivity contribution in [2.24, 2.45) is 0 Å². The maximum atomic E-state index is 12.6. The summed E-state index contributed by atoms with van der Waals surface area (Å²) in [6.07, 6.45) is -0.0589. The molecule has 0 radical (unpaired) electrons. The number of ether oxygens (including phenoxy) is 2. The van der Waals surface area contributed by atoms with E-state index < -0.39 is 6.10 Å². The number of halogens is 1. The quantitative estimate of drug-likeness (QED) is 0.819. The first-order valence-electron chi connectivity index (χ1n) is 7.83. The number of hydrogen-bond donors (Lipinski definition) is 1. The zero-order chi connectivity index (χ0) is 17.7. The number of carbonyl (C=O) groups is 1. The maximum Gasteiger partial charge on any atom is 0.265 e. The van der Waals surface area contributed by atoms with Crippen LogP contribution in [-0.4, -0.2) is 19.1 Å². The van der Waals surface area contributed by atoms with Crippen LogP contribution in [0.4, 0.5) is 5.69 Å². The lowest BCUT2D eigenvalue weighted by Gasteiger charge is -2.20. The molecule has 2 aromatic carbocycles. The van der Waals surface area contributed by atoms with Crippen molar-refractivity contribution in [1.29, 1.82) is 0 Å². The van der Waals surface area contributed by atoms with Crippen molar-refractivity contribution in [2.75, 3.05) is 12.4 Å². The molecule has 2 rings (SSSR count). The molecular weight excluding hydrogens is 326 g/mol. The summed E-state index contributed by atoms with van der Waals surface area (Å²) in [5.41, 5.74) is 2.68. The van der Waals surface area contributed by atoms with Gasteiger partial charge >= 0.3 is 0 Å². The Hall–Kier alpha value is -2.20. The van der Waals surface area contributed by atoms with Gasteiger partial charge in [0.1, 0.15) is 11.5 Å². The second-order valence-electron chi connectivity index (χ2n) is 5.55. The van der Waals surface area contributed by atoms with E-state index in [1.807, 2.05) is 39.0 Å². The van der Waals surface area contributed by atoms with Gasteiger partial charge < -0.3 is 14.8 Å². The molecule has 0 fully saturated rings. The van der Waals surface area contributed by atoms with Crippen LogP contribution in [0.5, 0.6) is 11.5 Å². The summed E-state index contributed by atoms with van der Waals surface area (Å²) >= 11 is 6.00. The summed E-state index contributed by atoms with van der Waals surface area (Å²) in [6, 6.07) is 10.9. The molecule has 0 aliphatic heterocycles. The van der Waals surface area contributed by atoms with Gasteiger partial charge in [-0.05, 0) is 55.7 Å². The summed E-state index contributed by atoms with van der Waals surface area (Å²) in [4.78, 5) is 12.6. The van der Waals surface area contributed by atoms with Gasteiger partial charge in [-0.25, -0.2) is 0 Å². The Kier molecular flexibility index (Phi) is 6.10. The van der Waals surface area contributed by atoms with Gasteiger partial charge in [-0.1, -0.05) is 30.7 Å². The van der Waals surface area contributed by atoms with Crippen molar-refractivity contribution in [3.8, 4) is 11.5 Å². The Morgan fingerprint density at radius 1 is 1.21 bits per heavy atom. The summed E-state index contributed by atoms with van der Waals surface area (Å²) in [6.45, 7) is 5.90. The molecule has 128 valence electrons. The second-order valence-corrected chi connectivity index (χ2v) is 5.98. The fourth-order valence-corrected chi connectivity index (χ4v) is 2.49. The average molecular weight is 348 g/mol. The van der Waals surface area contributed by atoms with E-state index in [0.717, 1.165) is 16.9 Å². The molecule has 0 spiro atoms. The number of nitrogens with one attached hydrogen (secondary N) is 1. The van der Waals surface area contributed by atoms with E-state index in [1.54, 1.807) is 25.3 Å². The van der Waals surface area contributed by atoms with Crippen molar-refractivity contribution in [3.63, 3.8) is 0 Å². The Morgan fingerprint density at radius 3 is 2.62 bits per heavy atom. The molecule has 0 heterocycles. The van der Waals surface area contributed by atoms with Crippen molar-refractivity contribution < 1.29 is 14.3 Å². The topological polar surface area (TPSA) is 47.6 Å². The molecule has 4 nitrogen and oxygen atoms in total. The highest BCUT2D eigenvalue weighted by Crippen LogP contribution is 2.28. The van der Waals surface area contributed by atoms with Crippen molar-refractivity contribution in [1.82, 2.24) is 0 Å². The van der Waals surface area contributed by atoms with Crippen LogP contribution in [0.25, 0.3) is 0 Å². The highest BCUT2D eigenvalue weighted by Gasteiger charge is 2.21. The van der Waals surface area contributed by atoms with E-state index in [1.165, 1.54) is 0 Å². The van der Waals surface area contributed by atoms with Crippen LogP contribution in [0.1, 0.15) is 24.5 Å². The molecule has 5 heteroatoms. The van der Waals surface area contributed by atoms with Gasteiger partial charge in [-0.15, -0.1) is 0 Å². The smallest absolute Gasteiger partial charge is 0.265 e. The van der Waals surface area contributed by atoms with Crippen LogP contribution in [0.2, 0.25) is 5.02 Å². The minimum atomic E-state index is -0.603. The summed E-state index contributed by atoms with van der Waals surface area (Å²) in [7, 11) is 1.54. The van der Waals surface area contributed by atoms with Crippen molar-refractivity contribution >= 4 is 23.2 Å². The largest absolute Gasteiger partial charge is 0.495 e. The fraction of sp³-hybridized carbons (Fsp3) is 0.316. The molecule has 0 unspecified atom stereocenters. The summed E-state index contributed by atoms with van der Waals surface area (Å²) in [5, 5.41) is 3.36. The summed E-state index contributed by atoms with van der Waals surface area (Å²) in [5.74, 6) is 1.03. The van der Waals surface area contributed by atoms with Crippen LogP contribution >= 0.6 is 11.6 Å². The molecule has 0 aliphatic carbocycles. The minimum absolute atomic E-state index is 0.237. The van der Waals surface area contributed by atoms with Gasteiger partial charge in [0.2, 0.25) is 0 Å². The first-order valence-corrected chi connectivity index (χ1v) is 8.21. The lowest BCUT2D eigenvalue weighted by Crippen LogP contribution is -2.32. The van der Waals surface area contributed by atoms with Crippen molar-refractivity contribution in [2.45, 2.75) is 33.3 Å². The fourth-order valence-electron chi connectivity index (χ4n) is 2.32. The zero-order valence-electron chi connectivity index (χ0n) is 14.4. The molecule has 0 aromatic heterocycles. The third-order valence-electron chi connectivity index (χ3n) is 3.91. The van der Waals surface area contributed by atoms with Gasteiger partial charge in [0.15, 0.2) is 6.10 Å². The Balaban J connectivity index is 2.17. The number of anilines is 1. The van der Waals surface area contributed by atoms with Crippen LogP contribution < -0.4 is 14.8 Å². The third-order valence-corrected chi connectivity index (χ3v) is 4.14. The Morgan fingerprint density at radius 2 is 1.96 bits per heavy atom. The normalized spacial score (nSPS) is 11.7. The summed E-state index contributed by atoms with van der Waals surface area (Å²) < 4.78 is 11.2. The number of carbonyl (C=O) groups excluding carboxylic acids is 1. The van der Waals surface area contributed by atoms with E-state index in [-0.39, 0.29) is 5.91 Å². The second kappa shape index (κ2) is 8.06. The number of benzene rings is 2.